The van der Waals surface area contributed by atoms with E-state index in [-0.39, 0.29) is 38.6 Å². The summed E-state index contributed by atoms with van der Waals surface area (Å²) in [5.41, 5.74) is 0.877. The Bertz CT molecular complexity index is 750. The predicted octanol–water partition coefficient (Wildman–Crippen LogP) is 2.96. The van der Waals surface area contributed by atoms with Crippen LogP contribution in [-0.2, 0) is 11.3 Å². The highest BCUT2D eigenvalue weighted by atomic mass is 19.2. The summed E-state index contributed by atoms with van der Waals surface area (Å²) in [7, 11) is 0. The van der Waals surface area contributed by atoms with Gasteiger partial charge in [-0.05, 0) is 5.56 Å². The normalized spacial score (nSPS) is 14.5. The van der Waals surface area contributed by atoms with Crippen LogP contribution >= 0.6 is 0 Å². The minimum Gasteiger partial charge on any atom is -0.445 e. The molecule has 0 saturated carbocycles. The molecule has 1 amide bonds. The van der Waals surface area contributed by atoms with Crippen LogP contribution in [0.25, 0.3) is 0 Å². The molecule has 1 saturated heterocycles. The van der Waals surface area contributed by atoms with Gasteiger partial charge in [0.1, 0.15) is 6.61 Å². The highest BCUT2D eigenvalue weighted by Gasteiger charge is 2.25. The summed E-state index contributed by atoms with van der Waals surface area (Å²) in [5.74, 6) is -3.86. The van der Waals surface area contributed by atoms with Gasteiger partial charge in [0.05, 0.1) is 0 Å². The van der Waals surface area contributed by atoms with Crippen molar-refractivity contribution in [2.24, 2.45) is 0 Å². The third kappa shape index (κ3) is 4.01. The summed E-state index contributed by atoms with van der Waals surface area (Å²) in [6, 6.07) is 9.75. The lowest BCUT2D eigenvalue weighted by molar-refractivity contribution is 0.0941. The molecule has 1 aliphatic rings. The van der Waals surface area contributed by atoms with Gasteiger partial charge in [-0.1, -0.05) is 30.3 Å². The van der Waals surface area contributed by atoms with Crippen molar-refractivity contribution < 1.29 is 22.7 Å². The molecule has 0 radical (unpaired) electrons. The fraction of sp³-hybridized carbons (Fsp3) is 0.294. The monoisotopic (exact) mass is 351 g/mol. The number of nitrogens with zero attached hydrogens (tertiary/aromatic N) is 3. The van der Waals surface area contributed by atoms with E-state index in [2.05, 4.69) is 4.98 Å². The number of anilines is 1. The van der Waals surface area contributed by atoms with Crippen molar-refractivity contribution in [2.75, 3.05) is 31.1 Å². The second-order valence-corrected chi connectivity index (χ2v) is 5.58. The Kier molecular flexibility index (Phi) is 5.06. The first-order valence-corrected chi connectivity index (χ1v) is 7.76. The second kappa shape index (κ2) is 7.42. The molecule has 0 atom stereocenters. The number of carbonyl (C=O) groups is 1. The fourth-order valence-electron chi connectivity index (χ4n) is 2.57. The molecule has 132 valence electrons. The van der Waals surface area contributed by atoms with Crippen molar-refractivity contribution in [1.29, 1.82) is 0 Å². The third-order valence-corrected chi connectivity index (χ3v) is 3.91. The van der Waals surface area contributed by atoms with Gasteiger partial charge in [0.25, 0.3) is 5.95 Å². The van der Waals surface area contributed by atoms with Crippen LogP contribution in [0.15, 0.2) is 36.4 Å². The number of carbonyl (C=O) groups excluding carboxylic acids is 1. The number of ether oxygens (including phenoxy) is 1. The van der Waals surface area contributed by atoms with Crippen molar-refractivity contribution in [1.82, 2.24) is 9.88 Å². The molecule has 0 spiro atoms. The van der Waals surface area contributed by atoms with E-state index >= 15 is 0 Å². The van der Waals surface area contributed by atoms with Crippen molar-refractivity contribution in [3.8, 4) is 0 Å². The topological polar surface area (TPSA) is 45.7 Å². The van der Waals surface area contributed by atoms with E-state index < -0.39 is 23.7 Å². The molecule has 8 heteroatoms. The van der Waals surface area contributed by atoms with Crippen LogP contribution in [0.1, 0.15) is 5.56 Å². The maximum Gasteiger partial charge on any atom is 0.410 e. The summed E-state index contributed by atoms with van der Waals surface area (Å²) in [6.45, 7) is 1.20. The van der Waals surface area contributed by atoms with E-state index in [1.807, 2.05) is 30.3 Å². The molecular weight excluding hydrogens is 335 g/mol. The van der Waals surface area contributed by atoms with E-state index in [0.717, 1.165) is 5.56 Å². The van der Waals surface area contributed by atoms with Crippen LogP contribution in [0.5, 0.6) is 0 Å². The number of piperazine rings is 1. The molecule has 1 aromatic heterocycles. The summed E-state index contributed by atoms with van der Waals surface area (Å²) < 4.78 is 45.2. The van der Waals surface area contributed by atoms with Crippen LogP contribution in [0.3, 0.4) is 0 Å². The lowest BCUT2D eigenvalue weighted by atomic mass is 10.2. The van der Waals surface area contributed by atoms with Gasteiger partial charge in [-0.2, -0.15) is 9.37 Å². The first kappa shape index (κ1) is 17.1. The molecule has 0 aliphatic carbocycles. The molecule has 25 heavy (non-hydrogen) atoms. The van der Waals surface area contributed by atoms with E-state index in [0.29, 0.717) is 6.07 Å². The number of aromatic nitrogens is 1. The molecule has 1 aromatic carbocycles. The van der Waals surface area contributed by atoms with Gasteiger partial charge in [0.15, 0.2) is 17.5 Å². The van der Waals surface area contributed by atoms with Gasteiger partial charge in [-0.25, -0.2) is 13.6 Å². The standard InChI is InChI=1S/C17H16F3N3O2/c18-13-10-14(19)16(21-15(13)20)22-6-8-23(9-7-22)17(24)25-11-12-4-2-1-3-5-12/h1-5,10H,6-9,11H2. The lowest BCUT2D eigenvalue weighted by Crippen LogP contribution is -2.49. The van der Waals surface area contributed by atoms with Gasteiger partial charge in [0, 0.05) is 32.2 Å². The SMILES string of the molecule is O=C(OCc1ccccc1)N1CCN(c2nc(F)c(F)cc2F)CC1. The van der Waals surface area contributed by atoms with Gasteiger partial charge < -0.3 is 14.5 Å². The van der Waals surface area contributed by atoms with E-state index in [9.17, 15) is 18.0 Å². The average Bonchev–Trinajstić information content (AvgIpc) is 2.64. The smallest absolute Gasteiger partial charge is 0.410 e. The molecule has 0 bridgehead atoms. The number of hydrogen-bond acceptors (Lipinski definition) is 4. The molecule has 2 aromatic rings. The fourth-order valence-corrected chi connectivity index (χ4v) is 2.57. The molecular formula is C17H16F3N3O2. The maximum absolute atomic E-state index is 13.8. The quantitative estimate of drug-likeness (QED) is 0.798. The first-order chi connectivity index (χ1) is 12.0. The van der Waals surface area contributed by atoms with E-state index in [1.54, 1.807) is 0 Å². The minimum atomic E-state index is -1.35. The highest BCUT2D eigenvalue weighted by Crippen LogP contribution is 2.20. The summed E-state index contributed by atoms with van der Waals surface area (Å²) in [6.07, 6.45) is -0.470. The van der Waals surface area contributed by atoms with Crippen LogP contribution in [0, 0.1) is 17.6 Å². The van der Waals surface area contributed by atoms with E-state index in [1.165, 1.54) is 9.80 Å². The molecule has 1 aliphatic heterocycles. The van der Waals surface area contributed by atoms with Gasteiger partial charge in [0.2, 0.25) is 0 Å². The van der Waals surface area contributed by atoms with Crippen molar-refractivity contribution in [2.45, 2.75) is 6.61 Å². The van der Waals surface area contributed by atoms with Crippen molar-refractivity contribution >= 4 is 11.9 Å². The Balaban J connectivity index is 1.55. The molecule has 2 heterocycles. The summed E-state index contributed by atoms with van der Waals surface area (Å²) >= 11 is 0. The van der Waals surface area contributed by atoms with Gasteiger partial charge in [-0.15, -0.1) is 0 Å². The van der Waals surface area contributed by atoms with Gasteiger partial charge >= 0.3 is 6.09 Å². The van der Waals surface area contributed by atoms with Gasteiger partial charge in [-0.3, -0.25) is 0 Å². The van der Waals surface area contributed by atoms with Crippen molar-refractivity contribution in [3.05, 3.63) is 59.5 Å². The third-order valence-electron chi connectivity index (χ3n) is 3.91. The number of hydrogen-bond donors (Lipinski definition) is 0. The predicted molar refractivity (Wildman–Crippen MR) is 84.5 cm³/mol. The summed E-state index contributed by atoms with van der Waals surface area (Å²) in [4.78, 5) is 18.3. The number of benzene rings is 1. The summed E-state index contributed by atoms with van der Waals surface area (Å²) in [5, 5.41) is 0. The highest BCUT2D eigenvalue weighted by molar-refractivity contribution is 5.68. The molecule has 0 N–H and O–H groups in total. The van der Waals surface area contributed by atoms with Crippen LogP contribution in [-0.4, -0.2) is 42.2 Å². The maximum atomic E-state index is 13.8. The Morgan fingerprint density at radius 1 is 1.04 bits per heavy atom. The number of rotatable bonds is 3. The Morgan fingerprint density at radius 2 is 1.72 bits per heavy atom. The van der Waals surface area contributed by atoms with Crippen LogP contribution in [0.2, 0.25) is 0 Å². The first-order valence-electron chi connectivity index (χ1n) is 7.76. The molecule has 5 nitrogen and oxygen atoms in total. The zero-order valence-corrected chi connectivity index (χ0v) is 13.3. The van der Waals surface area contributed by atoms with Crippen LogP contribution < -0.4 is 4.90 Å². The van der Waals surface area contributed by atoms with E-state index in [4.69, 9.17) is 4.74 Å². The Hall–Kier alpha value is -2.77. The zero-order valence-electron chi connectivity index (χ0n) is 13.3. The second-order valence-electron chi connectivity index (χ2n) is 5.58. The van der Waals surface area contributed by atoms with Crippen molar-refractivity contribution in [3.63, 3.8) is 0 Å². The minimum absolute atomic E-state index is 0.166. The largest absolute Gasteiger partial charge is 0.445 e. The Morgan fingerprint density at radius 3 is 2.40 bits per heavy atom. The average molecular weight is 351 g/mol. The number of pyridine rings is 1. The Labute approximate surface area is 142 Å². The number of halogens is 3. The lowest BCUT2D eigenvalue weighted by Gasteiger charge is -2.34. The molecule has 1 fully saturated rings. The van der Waals surface area contributed by atoms with Crippen LogP contribution in [0.4, 0.5) is 23.8 Å². The number of amides is 1. The molecule has 3 rings (SSSR count). The zero-order chi connectivity index (χ0) is 17.8. The molecule has 0 unspecified atom stereocenters.